The third-order valence-corrected chi connectivity index (χ3v) is 4.57. The standard InChI is InChI=1S/C27H20N2O/c30-27(20-22-12-15-24(16-13-22)23-8-2-1-3-9-23)29-26-11-6-7-21(19-26)14-17-25-10-4-5-18-28-25/h1-13,15-16,18-19H,20H2,(H,29,30). The number of anilines is 1. The van der Waals surface area contributed by atoms with Gasteiger partial charge in [-0.15, -0.1) is 0 Å². The number of hydrogen-bond donors (Lipinski definition) is 1. The number of carbonyl (C=O) groups is 1. The molecule has 0 unspecified atom stereocenters. The summed E-state index contributed by atoms with van der Waals surface area (Å²) in [6.07, 6.45) is 2.03. The first-order chi connectivity index (χ1) is 14.8. The Morgan fingerprint density at radius 3 is 2.30 bits per heavy atom. The maximum atomic E-state index is 12.5. The average molecular weight is 388 g/mol. The largest absolute Gasteiger partial charge is 0.326 e. The van der Waals surface area contributed by atoms with Gasteiger partial charge in [0.1, 0.15) is 5.69 Å². The van der Waals surface area contributed by atoms with Crippen LogP contribution >= 0.6 is 0 Å². The topological polar surface area (TPSA) is 42.0 Å². The molecule has 4 aromatic rings. The molecule has 30 heavy (non-hydrogen) atoms. The molecule has 3 nitrogen and oxygen atoms in total. The van der Waals surface area contributed by atoms with Crippen molar-refractivity contribution in [1.82, 2.24) is 4.98 Å². The van der Waals surface area contributed by atoms with Crippen molar-refractivity contribution >= 4 is 11.6 Å². The van der Waals surface area contributed by atoms with Gasteiger partial charge in [0, 0.05) is 17.4 Å². The van der Waals surface area contributed by atoms with E-state index in [4.69, 9.17) is 0 Å². The molecule has 0 aliphatic carbocycles. The van der Waals surface area contributed by atoms with E-state index in [1.807, 2.05) is 84.9 Å². The van der Waals surface area contributed by atoms with E-state index in [1.165, 1.54) is 0 Å². The highest BCUT2D eigenvalue weighted by atomic mass is 16.1. The number of nitrogens with one attached hydrogen (secondary N) is 1. The fourth-order valence-corrected chi connectivity index (χ4v) is 3.08. The van der Waals surface area contributed by atoms with Crippen molar-refractivity contribution in [2.45, 2.75) is 6.42 Å². The predicted octanol–water partition coefficient (Wildman–Crippen LogP) is 5.33. The molecule has 1 aromatic heterocycles. The van der Waals surface area contributed by atoms with E-state index in [1.54, 1.807) is 6.20 Å². The first-order valence-corrected chi connectivity index (χ1v) is 9.74. The van der Waals surface area contributed by atoms with Crippen LogP contribution in [0.3, 0.4) is 0 Å². The molecule has 0 aliphatic rings. The molecule has 144 valence electrons. The normalized spacial score (nSPS) is 10.0. The Morgan fingerprint density at radius 1 is 0.767 bits per heavy atom. The number of rotatable bonds is 4. The van der Waals surface area contributed by atoms with Gasteiger partial charge in [-0.1, -0.05) is 72.7 Å². The van der Waals surface area contributed by atoms with Crippen LogP contribution in [0.15, 0.2) is 103 Å². The van der Waals surface area contributed by atoms with Crippen LogP contribution < -0.4 is 5.32 Å². The maximum Gasteiger partial charge on any atom is 0.228 e. The molecule has 4 rings (SSSR count). The number of carbonyl (C=O) groups excluding carboxylic acids is 1. The lowest BCUT2D eigenvalue weighted by atomic mass is 10.0. The quantitative estimate of drug-likeness (QED) is 0.480. The Balaban J connectivity index is 1.39. The molecular weight excluding hydrogens is 368 g/mol. The molecule has 0 fully saturated rings. The Bertz CT molecular complexity index is 1190. The first-order valence-electron chi connectivity index (χ1n) is 9.74. The number of benzene rings is 3. The zero-order chi connectivity index (χ0) is 20.6. The summed E-state index contributed by atoms with van der Waals surface area (Å²) in [5, 5.41) is 2.95. The minimum Gasteiger partial charge on any atom is -0.326 e. The smallest absolute Gasteiger partial charge is 0.228 e. The lowest BCUT2D eigenvalue weighted by Gasteiger charge is -2.07. The van der Waals surface area contributed by atoms with Crippen LogP contribution in [0.4, 0.5) is 5.69 Å². The third-order valence-electron chi connectivity index (χ3n) is 4.57. The van der Waals surface area contributed by atoms with Gasteiger partial charge in [0.25, 0.3) is 0 Å². The fourth-order valence-electron chi connectivity index (χ4n) is 3.08. The molecular formula is C27H20N2O. The van der Waals surface area contributed by atoms with E-state index in [-0.39, 0.29) is 5.91 Å². The summed E-state index contributed by atoms with van der Waals surface area (Å²) in [5.74, 6) is 6.05. The van der Waals surface area contributed by atoms with Crippen molar-refractivity contribution in [2.24, 2.45) is 0 Å². The summed E-state index contributed by atoms with van der Waals surface area (Å²) in [4.78, 5) is 16.7. The summed E-state index contributed by atoms with van der Waals surface area (Å²) in [5.41, 5.74) is 5.54. The van der Waals surface area contributed by atoms with E-state index in [0.717, 1.165) is 27.9 Å². The van der Waals surface area contributed by atoms with E-state index in [0.29, 0.717) is 12.1 Å². The van der Waals surface area contributed by atoms with Gasteiger partial charge in [-0.3, -0.25) is 4.79 Å². The molecule has 3 aromatic carbocycles. The van der Waals surface area contributed by atoms with Gasteiger partial charge in [0.15, 0.2) is 0 Å². The Labute approximate surface area is 176 Å². The van der Waals surface area contributed by atoms with Gasteiger partial charge in [-0.2, -0.15) is 0 Å². The van der Waals surface area contributed by atoms with Gasteiger partial charge < -0.3 is 5.32 Å². The molecule has 3 heteroatoms. The highest BCUT2D eigenvalue weighted by Crippen LogP contribution is 2.19. The highest BCUT2D eigenvalue weighted by molar-refractivity contribution is 5.92. The zero-order valence-electron chi connectivity index (χ0n) is 16.4. The Morgan fingerprint density at radius 2 is 1.53 bits per heavy atom. The second-order valence-corrected chi connectivity index (χ2v) is 6.83. The molecule has 0 spiro atoms. The summed E-state index contributed by atoms with van der Waals surface area (Å²) < 4.78 is 0. The molecule has 0 atom stereocenters. The first kappa shape index (κ1) is 19.2. The van der Waals surface area contributed by atoms with E-state index < -0.39 is 0 Å². The second kappa shape index (κ2) is 9.36. The number of pyridine rings is 1. The van der Waals surface area contributed by atoms with Gasteiger partial charge in [-0.25, -0.2) is 4.98 Å². The van der Waals surface area contributed by atoms with Gasteiger partial charge >= 0.3 is 0 Å². The van der Waals surface area contributed by atoms with Crippen LogP contribution in [0.25, 0.3) is 11.1 Å². The van der Waals surface area contributed by atoms with Gasteiger partial charge in [0.05, 0.1) is 6.42 Å². The van der Waals surface area contributed by atoms with Gasteiger partial charge in [0.2, 0.25) is 5.91 Å². The number of amides is 1. The average Bonchev–Trinajstić information content (AvgIpc) is 2.80. The van der Waals surface area contributed by atoms with Crippen molar-refractivity contribution in [3.63, 3.8) is 0 Å². The zero-order valence-corrected chi connectivity index (χ0v) is 16.4. The SMILES string of the molecule is O=C(Cc1ccc(-c2ccccc2)cc1)Nc1cccc(C#Cc2ccccn2)c1. The maximum absolute atomic E-state index is 12.5. The predicted molar refractivity (Wildman–Crippen MR) is 121 cm³/mol. The molecule has 0 radical (unpaired) electrons. The summed E-state index contributed by atoms with van der Waals surface area (Å²) in [6, 6.07) is 31.4. The van der Waals surface area contributed by atoms with E-state index in [9.17, 15) is 4.79 Å². The van der Waals surface area contributed by atoms with Crippen molar-refractivity contribution in [3.8, 4) is 23.0 Å². The number of hydrogen-bond acceptors (Lipinski definition) is 2. The minimum atomic E-state index is -0.0581. The van der Waals surface area contributed by atoms with Crippen molar-refractivity contribution in [2.75, 3.05) is 5.32 Å². The number of aromatic nitrogens is 1. The van der Waals surface area contributed by atoms with Crippen molar-refractivity contribution in [3.05, 3.63) is 120 Å². The number of nitrogens with zero attached hydrogens (tertiary/aromatic N) is 1. The van der Waals surface area contributed by atoms with Gasteiger partial charge in [-0.05, 0) is 52.9 Å². The van der Waals surface area contributed by atoms with Crippen LogP contribution in [0, 0.1) is 11.8 Å². The summed E-state index contributed by atoms with van der Waals surface area (Å²) >= 11 is 0. The molecule has 0 bridgehead atoms. The van der Waals surface area contributed by atoms with Crippen LogP contribution in [-0.4, -0.2) is 10.9 Å². The molecule has 1 amide bonds. The minimum absolute atomic E-state index is 0.0581. The van der Waals surface area contributed by atoms with Crippen molar-refractivity contribution < 1.29 is 4.79 Å². The van der Waals surface area contributed by atoms with Crippen LogP contribution in [0.2, 0.25) is 0 Å². The molecule has 1 N–H and O–H groups in total. The molecule has 0 saturated heterocycles. The summed E-state index contributed by atoms with van der Waals surface area (Å²) in [7, 11) is 0. The fraction of sp³-hybridized carbons (Fsp3) is 0.0370. The Kier molecular flexibility index (Phi) is 5.98. The van der Waals surface area contributed by atoms with Crippen LogP contribution in [-0.2, 0) is 11.2 Å². The monoisotopic (exact) mass is 388 g/mol. The molecule has 1 heterocycles. The molecule has 0 saturated carbocycles. The third kappa shape index (κ3) is 5.21. The second-order valence-electron chi connectivity index (χ2n) is 6.83. The van der Waals surface area contributed by atoms with Crippen LogP contribution in [0.5, 0.6) is 0 Å². The summed E-state index contributed by atoms with van der Waals surface area (Å²) in [6.45, 7) is 0. The lowest BCUT2D eigenvalue weighted by molar-refractivity contribution is -0.115. The van der Waals surface area contributed by atoms with Crippen LogP contribution in [0.1, 0.15) is 16.8 Å². The highest BCUT2D eigenvalue weighted by Gasteiger charge is 2.05. The van der Waals surface area contributed by atoms with Crippen molar-refractivity contribution in [1.29, 1.82) is 0 Å². The molecule has 0 aliphatic heterocycles. The lowest BCUT2D eigenvalue weighted by Crippen LogP contribution is -2.14. The van der Waals surface area contributed by atoms with E-state index >= 15 is 0 Å². The van der Waals surface area contributed by atoms with E-state index in [2.05, 4.69) is 34.3 Å². The Hall–Kier alpha value is -4.16.